The third-order valence-electron chi connectivity index (χ3n) is 4.37. The number of hydrogen-bond acceptors (Lipinski definition) is 8. The summed E-state index contributed by atoms with van der Waals surface area (Å²) in [4.78, 5) is 15.8. The van der Waals surface area contributed by atoms with Gasteiger partial charge in [-0.25, -0.2) is 0 Å². The first-order chi connectivity index (χ1) is 14.7. The molecule has 0 atom stereocenters. The van der Waals surface area contributed by atoms with Crippen LogP contribution in [-0.2, 0) is 6.61 Å². The molecule has 0 unspecified atom stereocenters. The van der Waals surface area contributed by atoms with Crippen molar-refractivity contribution in [3.8, 4) is 11.6 Å². The molecule has 9 heteroatoms. The zero-order valence-electron chi connectivity index (χ0n) is 16.4. The maximum absolute atomic E-state index is 11.7. The maximum atomic E-state index is 11.7. The molecular weight excluding hydrogens is 386 g/mol. The summed E-state index contributed by atoms with van der Waals surface area (Å²) in [6.07, 6.45) is 3.11. The van der Waals surface area contributed by atoms with E-state index < -0.39 is 0 Å². The fraction of sp³-hybridized carbons (Fsp3) is 0.143. The number of nitrogens with zero attached hydrogens (tertiary/aromatic N) is 3. The minimum Gasteiger partial charge on any atom is -0.497 e. The number of rotatable bonds is 7. The molecule has 0 saturated heterocycles. The highest BCUT2D eigenvalue weighted by molar-refractivity contribution is 5.92. The van der Waals surface area contributed by atoms with E-state index in [1.807, 2.05) is 24.3 Å². The molecule has 0 spiro atoms. The number of anilines is 2. The summed E-state index contributed by atoms with van der Waals surface area (Å²) >= 11 is 0. The first-order valence-electron chi connectivity index (χ1n) is 9.12. The Labute approximate surface area is 172 Å². The van der Waals surface area contributed by atoms with Crippen LogP contribution in [0.15, 0.2) is 59.3 Å². The van der Waals surface area contributed by atoms with Crippen molar-refractivity contribution in [2.24, 2.45) is 0 Å². The molecule has 0 saturated carbocycles. The Balaban J connectivity index is 1.53. The van der Waals surface area contributed by atoms with Gasteiger partial charge in [-0.1, -0.05) is 0 Å². The van der Waals surface area contributed by atoms with Crippen molar-refractivity contribution in [1.82, 2.24) is 20.5 Å². The van der Waals surface area contributed by atoms with Gasteiger partial charge in [0.25, 0.3) is 11.8 Å². The number of hydrogen-bond donors (Lipinski definition) is 2. The molecule has 2 N–H and O–H groups in total. The number of furan rings is 1. The SMILES string of the molecule is CNC(=O)c1cc(COc2nnc(Nc3ccc(OC)cc3)c3ccoc23)ccn1. The van der Waals surface area contributed by atoms with Gasteiger partial charge in [0, 0.05) is 18.9 Å². The third kappa shape index (κ3) is 4.00. The van der Waals surface area contributed by atoms with Gasteiger partial charge in [-0.2, -0.15) is 0 Å². The quantitative estimate of drug-likeness (QED) is 0.482. The zero-order valence-corrected chi connectivity index (χ0v) is 16.4. The van der Waals surface area contributed by atoms with Gasteiger partial charge in [0.15, 0.2) is 5.82 Å². The topological polar surface area (TPSA) is 111 Å². The molecule has 0 radical (unpaired) electrons. The van der Waals surface area contributed by atoms with Crippen LogP contribution in [0.25, 0.3) is 11.0 Å². The second kappa shape index (κ2) is 8.48. The summed E-state index contributed by atoms with van der Waals surface area (Å²) in [6, 6.07) is 12.7. The fourth-order valence-electron chi connectivity index (χ4n) is 2.82. The second-order valence-corrected chi connectivity index (χ2v) is 6.29. The number of carbonyl (C=O) groups is 1. The Kier molecular flexibility index (Phi) is 5.42. The average molecular weight is 405 g/mol. The van der Waals surface area contributed by atoms with Crippen LogP contribution < -0.4 is 20.1 Å². The molecule has 0 aliphatic rings. The second-order valence-electron chi connectivity index (χ2n) is 6.29. The Morgan fingerprint density at radius 1 is 1.13 bits per heavy atom. The number of aromatic nitrogens is 3. The van der Waals surface area contributed by atoms with Crippen LogP contribution in [0.3, 0.4) is 0 Å². The lowest BCUT2D eigenvalue weighted by molar-refractivity contribution is 0.0958. The molecule has 0 bridgehead atoms. The molecule has 0 fully saturated rings. The van der Waals surface area contributed by atoms with Crippen molar-refractivity contribution in [3.05, 3.63) is 66.2 Å². The molecule has 1 aromatic carbocycles. The van der Waals surface area contributed by atoms with Crippen LogP contribution in [0.2, 0.25) is 0 Å². The van der Waals surface area contributed by atoms with Crippen molar-refractivity contribution in [2.45, 2.75) is 6.61 Å². The highest BCUT2D eigenvalue weighted by Crippen LogP contribution is 2.31. The molecule has 3 aromatic heterocycles. The van der Waals surface area contributed by atoms with Gasteiger partial charge in [0.1, 0.15) is 18.1 Å². The molecule has 1 amide bonds. The molecule has 0 aliphatic heterocycles. The first kappa shape index (κ1) is 19.2. The number of amides is 1. The van der Waals surface area contributed by atoms with Crippen LogP contribution >= 0.6 is 0 Å². The maximum Gasteiger partial charge on any atom is 0.278 e. The van der Waals surface area contributed by atoms with E-state index in [1.165, 1.54) is 0 Å². The summed E-state index contributed by atoms with van der Waals surface area (Å²) in [5.74, 6) is 1.30. The number of carbonyl (C=O) groups excluding carboxylic acids is 1. The van der Waals surface area contributed by atoms with E-state index in [4.69, 9.17) is 13.9 Å². The normalized spacial score (nSPS) is 10.6. The smallest absolute Gasteiger partial charge is 0.278 e. The molecular formula is C21H19N5O4. The Hall–Kier alpha value is -4.14. The van der Waals surface area contributed by atoms with Gasteiger partial charge in [-0.05, 0) is 48.0 Å². The van der Waals surface area contributed by atoms with Crippen LogP contribution in [0.5, 0.6) is 11.6 Å². The molecule has 4 aromatic rings. The summed E-state index contributed by atoms with van der Waals surface area (Å²) in [5, 5.41) is 14.9. The lowest BCUT2D eigenvalue weighted by Crippen LogP contribution is -2.19. The van der Waals surface area contributed by atoms with E-state index in [-0.39, 0.29) is 18.4 Å². The van der Waals surface area contributed by atoms with Crippen molar-refractivity contribution in [2.75, 3.05) is 19.5 Å². The van der Waals surface area contributed by atoms with E-state index in [0.717, 1.165) is 22.4 Å². The minimum absolute atomic E-state index is 0.183. The largest absolute Gasteiger partial charge is 0.497 e. The number of fused-ring (bicyclic) bond motifs is 1. The van der Waals surface area contributed by atoms with Crippen LogP contribution in [0.1, 0.15) is 16.1 Å². The molecule has 0 aliphatic carbocycles. The average Bonchev–Trinajstić information content (AvgIpc) is 3.29. The highest BCUT2D eigenvalue weighted by atomic mass is 16.5. The zero-order chi connectivity index (χ0) is 20.9. The van der Waals surface area contributed by atoms with Gasteiger partial charge in [-0.3, -0.25) is 9.78 Å². The predicted octanol–water partition coefficient (Wildman–Crippen LogP) is 3.31. The van der Waals surface area contributed by atoms with Gasteiger partial charge in [0.05, 0.1) is 18.8 Å². The molecule has 4 rings (SSSR count). The molecule has 30 heavy (non-hydrogen) atoms. The fourth-order valence-corrected chi connectivity index (χ4v) is 2.82. The van der Waals surface area contributed by atoms with Gasteiger partial charge < -0.3 is 24.5 Å². The molecule has 9 nitrogen and oxygen atoms in total. The van der Waals surface area contributed by atoms with Crippen molar-refractivity contribution in [1.29, 1.82) is 0 Å². The summed E-state index contributed by atoms with van der Waals surface area (Å²) in [5.41, 5.74) is 2.39. The Bertz CT molecular complexity index is 1170. The van der Waals surface area contributed by atoms with Crippen LogP contribution in [0, 0.1) is 0 Å². The predicted molar refractivity (Wildman–Crippen MR) is 110 cm³/mol. The van der Waals surface area contributed by atoms with Crippen LogP contribution in [-0.4, -0.2) is 35.2 Å². The number of pyridine rings is 1. The van der Waals surface area contributed by atoms with E-state index in [1.54, 1.807) is 44.8 Å². The van der Waals surface area contributed by atoms with Crippen molar-refractivity contribution < 1.29 is 18.7 Å². The number of benzene rings is 1. The standard InChI is InChI=1S/C21H19N5O4/c1-22-20(27)17-11-13(7-9-23-17)12-30-21-18-16(8-10-29-18)19(25-26-21)24-14-3-5-15(28-2)6-4-14/h3-11H,12H2,1-2H3,(H,22,27)(H,24,25). The number of nitrogens with one attached hydrogen (secondary N) is 2. The number of ether oxygens (including phenoxy) is 2. The van der Waals surface area contributed by atoms with Gasteiger partial charge in [0.2, 0.25) is 5.58 Å². The molecule has 3 heterocycles. The van der Waals surface area contributed by atoms with Gasteiger partial charge >= 0.3 is 0 Å². The van der Waals surface area contributed by atoms with E-state index in [0.29, 0.717) is 17.1 Å². The summed E-state index contributed by atoms with van der Waals surface area (Å²) < 4.78 is 16.5. The monoisotopic (exact) mass is 405 g/mol. The lowest BCUT2D eigenvalue weighted by atomic mass is 10.2. The van der Waals surface area contributed by atoms with Crippen molar-refractivity contribution in [3.63, 3.8) is 0 Å². The Morgan fingerprint density at radius 2 is 1.97 bits per heavy atom. The Morgan fingerprint density at radius 3 is 2.73 bits per heavy atom. The summed E-state index contributed by atoms with van der Waals surface area (Å²) in [7, 11) is 3.17. The van der Waals surface area contributed by atoms with Crippen LogP contribution in [0.4, 0.5) is 11.5 Å². The van der Waals surface area contributed by atoms with E-state index >= 15 is 0 Å². The van der Waals surface area contributed by atoms with Gasteiger partial charge in [-0.15, -0.1) is 10.2 Å². The lowest BCUT2D eigenvalue weighted by Gasteiger charge is -2.09. The summed E-state index contributed by atoms with van der Waals surface area (Å²) in [6.45, 7) is 0.183. The van der Waals surface area contributed by atoms with E-state index in [9.17, 15) is 4.79 Å². The number of methoxy groups -OCH3 is 1. The minimum atomic E-state index is -0.265. The third-order valence-corrected chi connectivity index (χ3v) is 4.37. The first-order valence-corrected chi connectivity index (χ1v) is 9.12. The van der Waals surface area contributed by atoms with Crippen molar-refractivity contribution >= 4 is 28.4 Å². The molecule has 152 valence electrons. The highest BCUT2D eigenvalue weighted by Gasteiger charge is 2.15. The van der Waals surface area contributed by atoms with E-state index in [2.05, 4.69) is 25.8 Å².